The van der Waals surface area contributed by atoms with Gasteiger partial charge in [-0.1, -0.05) is 30.3 Å². The predicted molar refractivity (Wildman–Crippen MR) is 81.2 cm³/mol. The van der Waals surface area contributed by atoms with Crippen LogP contribution in [0.25, 0.3) is 0 Å². The van der Waals surface area contributed by atoms with Crippen LogP contribution < -0.4 is 10.1 Å². The van der Waals surface area contributed by atoms with Gasteiger partial charge in [0.15, 0.2) is 0 Å². The highest BCUT2D eigenvalue weighted by molar-refractivity contribution is 5.48. The van der Waals surface area contributed by atoms with Crippen LogP contribution in [0.3, 0.4) is 0 Å². The van der Waals surface area contributed by atoms with Crippen molar-refractivity contribution in [1.82, 2.24) is 9.97 Å². The van der Waals surface area contributed by atoms with Crippen molar-refractivity contribution in [3.63, 3.8) is 0 Å². The van der Waals surface area contributed by atoms with E-state index < -0.39 is 0 Å². The van der Waals surface area contributed by atoms with Crippen LogP contribution in [0.4, 0.5) is 5.82 Å². The van der Waals surface area contributed by atoms with Crippen molar-refractivity contribution in [2.24, 2.45) is 0 Å². The normalized spacial score (nSPS) is 12.0. The van der Waals surface area contributed by atoms with E-state index in [9.17, 15) is 0 Å². The lowest BCUT2D eigenvalue weighted by Gasteiger charge is -2.17. The molecular weight excluding hydrogens is 250 g/mol. The number of hydrogen-bond acceptors (Lipinski definition) is 4. The van der Waals surface area contributed by atoms with Crippen LogP contribution in [-0.4, -0.2) is 16.5 Å². The van der Waals surface area contributed by atoms with Crippen molar-refractivity contribution in [2.75, 3.05) is 11.9 Å². The lowest BCUT2D eigenvalue weighted by atomic mass is 10.1. The van der Waals surface area contributed by atoms with Crippen LogP contribution in [0.1, 0.15) is 36.9 Å². The molecule has 0 saturated carbocycles. The zero-order valence-electron chi connectivity index (χ0n) is 12.5. The highest BCUT2D eigenvalue weighted by Gasteiger charge is 2.14. The van der Waals surface area contributed by atoms with Gasteiger partial charge in [-0.05, 0) is 33.3 Å². The van der Waals surface area contributed by atoms with E-state index in [1.165, 1.54) is 0 Å². The Hall–Kier alpha value is -2.10. The molecule has 1 unspecified atom stereocenters. The van der Waals surface area contributed by atoms with Crippen molar-refractivity contribution in [2.45, 2.75) is 33.8 Å². The maximum absolute atomic E-state index is 6.01. The molecule has 0 bridgehead atoms. The van der Waals surface area contributed by atoms with Crippen molar-refractivity contribution in [1.29, 1.82) is 0 Å². The minimum Gasteiger partial charge on any atom is -0.469 e. The maximum Gasteiger partial charge on any atom is 0.222 e. The first-order valence-corrected chi connectivity index (χ1v) is 6.92. The average molecular weight is 271 g/mol. The van der Waals surface area contributed by atoms with Crippen LogP contribution in [0, 0.1) is 13.8 Å². The third-order valence-corrected chi connectivity index (χ3v) is 3.11. The van der Waals surface area contributed by atoms with Gasteiger partial charge in [-0.15, -0.1) is 0 Å². The maximum atomic E-state index is 6.01. The Morgan fingerprint density at radius 3 is 2.50 bits per heavy atom. The molecule has 0 aliphatic carbocycles. The average Bonchev–Trinajstić information content (AvgIpc) is 2.45. The first kappa shape index (κ1) is 14.3. The second kappa shape index (κ2) is 6.37. The number of rotatable bonds is 5. The molecule has 2 aromatic rings. The third kappa shape index (κ3) is 3.26. The van der Waals surface area contributed by atoms with Gasteiger partial charge in [-0.2, -0.15) is 4.98 Å². The molecule has 1 N–H and O–H groups in total. The summed E-state index contributed by atoms with van der Waals surface area (Å²) in [5, 5.41) is 3.24. The van der Waals surface area contributed by atoms with Gasteiger partial charge < -0.3 is 10.1 Å². The smallest absolute Gasteiger partial charge is 0.222 e. The summed E-state index contributed by atoms with van der Waals surface area (Å²) in [6.07, 6.45) is -0.0429. The van der Waals surface area contributed by atoms with Gasteiger partial charge in [-0.3, -0.25) is 0 Å². The summed E-state index contributed by atoms with van der Waals surface area (Å²) in [4.78, 5) is 8.81. The minimum atomic E-state index is -0.0429. The first-order valence-electron chi connectivity index (χ1n) is 6.92. The summed E-state index contributed by atoms with van der Waals surface area (Å²) < 4.78 is 6.01. The first-order chi connectivity index (χ1) is 9.61. The number of ether oxygens (including phenoxy) is 1. The number of nitrogens with one attached hydrogen (secondary N) is 1. The zero-order valence-corrected chi connectivity index (χ0v) is 12.5. The molecule has 106 valence electrons. The zero-order chi connectivity index (χ0) is 14.5. The van der Waals surface area contributed by atoms with E-state index in [1.807, 2.05) is 45.9 Å². The molecule has 0 aliphatic heterocycles. The number of aryl methyl sites for hydroxylation is 1. The lowest BCUT2D eigenvalue weighted by Crippen LogP contribution is -2.10. The largest absolute Gasteiger partial charge is 0.469 e. The Kier molecular flexibility index (Phi) is 4.56. The van der Waals surface area contributed by atoms with Gasteiger partial charge in [0.25, 0.3) is 0 Å². The Labute approximate surface area is 120 Å². The van der Waals surface area contributed by atoms with Gasteiger partial charge >= 0.3 is 0 Å². The molecule has 1 aromatic heterocycles. The molecule has 4 nitrogen and oxygen atoms in total. The molecule has 0 saturated heterocycles. The van der Waals surface area contributed by atoms with E-state index in [2.05, 4.69) is 27.4 Å². The summed E-state index contributed by atoms with van der Waals surface area (Å²) in [5.74, 6) is 2.20. The minimum absolute atomic E-state index is 0.0429. The van der Waals surface area contributed by atoms with Crippen molar-refractivity contribution in [3.8, 4) is 5.88 Å². The molecule has 0 aliphatic rings. The molecule has 0 fully saturated rings. The highest BCUT2D eigenvalue weighted by Crippen LogP contribution is 2.26. The van der Waals surface area contributed by atoms with Crippen LogP contribution in [0.2, 0.25) is 0 Å². The second-order valence-electron chi connectivity index (χ2n) is 4.75. The van der Waals surface area contributed by atoms with E-state index >= 15 is 0 Å². The molecule has 1 heterocycles. The van der Waals surface area contributed by atoms with E-state index in [4.69, 9.17) is 4.74 Å². The number of anilines is 1. The molecule has 0 amide bonds. The molecule has 4 heteroatoms. The number of hydrogen-bond donors (Lipinski definition) is 1. The van der Waals surface area contributed by atoms with Crippen LogP contribution in [0.15, 0.2) is 30.3 Å². The predicted octanol–water partition coefficient (Wildman–Crippen LogP) is 3.67. The summed E-state index contributed by atoms with van der Waals surface area (Å²) in [6, 6.07) is 10.1. The topological polar surface area (TPSA) is 47.0 Å². The Morgan fingerprint density at radius 1 is 1.15 bits per heavy atom. The highest BCUT2D eigenvalue weighted by atomic mass is 16.5. The van der Waals surface area contributed by atoms with Crippen LogP contribution in [0.5, 0.6) is 5.88 Å². The van der Waals surface area contributed by atoms with Crippen molar-refractivity contribution < 1.29 is 4.74 Å². The standard InChI is InChI=1S/C16H21N3O/c1-5-17-15-11(2)16(19-13(4)18-15)20-12(3)14-9-7-6-8-10-14/h6-10,12H,5H2,1-4H3,(H,17,18,19). The van der Waals surface area contributed by atoms with E-state index in [-0.39, 0.29) is 6.10 Å². The van der Waals surface area contributed by atoms with E-state index in [0.717, 1.165) is 23.5 Å². The molecule has 1 aromatic carbocycles. The van der Waals surface area contributed by atoms with Gasteiger partial charge in [0, 0.05) is 6.54 Å². The van der Waals surface area contributed by atoms with Crippen molar-refractivity contribution in [3.05, 3.63) is 47.3 Å². The van der Waals surface area contributed by atoms with Crippen molar-refractivity contribution >= 4 is 5.82 Å². The van der Waals surface area contributed by atoms with Crippen LogP contribution >= 0.6 is 0 Å². The second-order valence-corrected chi connectivity index (χ2v) is 4.75. The van der Waals surface area contributed by atoms with E-state index in [1.54, 1.807) is 0 Å². The van der Waals surface area contributed by atoms with Crippen LogP contribution in [-0.2, 0) is 0 Å². The Bertz CT molecular complexity index is 569. The number of aromatic nitrogens is 2. The SMILES string of the molecule is CCNc1nc(C)nc(OC(C)c2ccccc2)c1C. The third-order valence-electron chi connectivity index (χ3n) is 3.11. The van der Waals surface area contributed by atoms with Gasteiger partial charge in [0.2, 0.25) is 5.88 Å². The summed E-state index contributed by atoms with van der Waals surface area (Å²) in [6.45, 7) is 8.75. The fourth-order valence-corrected chi connectivity index (χ4v) is 2.02. The number of benzene rings is 1. The van der Waals surface area contributed by atoms with E-state index in [0.29, 0.717) is 11.7 Å². The fourth-order valence-electron chi connectivity index (χ4n) is 2.02. The molecular formula is C16H21N3O. The molecule has 20 heavy (non-hydrogen) atoms. The van der Waals surface area contributed by atoms with Gasteiger partial charge in [0.1, 0.15) is 17.7 Å². The molecule has 0 radical (unpaired) electrons. The van der Waals surface area contributed by atoms with Gasteiger partial charge in [-0.25, -0.2) is 4.98 Å². The summed E-state index contributed by atoms with van der Waals surface area (Å²) in [5.41, 5.74) is 2.08. The molecule has 2 rings (SSSR count). The monoisotopic (exact) mass is 271 g/mol. The quantitative estimate of drug-likeness (QED) is 0.901. The lowest BCUT2D eigenvalue weighted by molar-refractivity contribution is 0.215. The molecule has 1 atom stereocenters. The molecule has 0 spiro atoms. The van der Waals surface area contributed by atoms with Gasteiger partial charge in [0.05, 0.1) is 5.56 Å². The Morgan fingerprint density at radius 2 is 1.85 bits per heavy atom. The Balaban J connectivity index is 2.25. The number of nitrogens with zero attached hydrogens (tertiary/aromatic N) is 2. The summed E-state index contributed by atoms with van der Waals surface area (Å²) >= 11 is 0. The summed E-state index contributed by atoms with van der Waals surface area (Å²) in [7, 11) is 0. The fraction of sp³-hybridized carbons (Fsp3) is 0.375.